The van der Waals surface area contributed by atoms with Gasteiger partial charge in [0.2, 0.25) is 21.8 Å². The highest BCUT2D eigenvalue weighted by Gasteiger charge is 2.32. The Balaban J connectivity index is 1.89. The van der Waals surface area contributed by atoms with Crippen LogP contribution >= 0.6 is 0 Å². The molecule has 3 rings (SSSR count). The van der Waals surface area contributed by atoms with Crippen molar-refractivity contribution in [1.82, 2.24) is 10.2 Å². The molecule has 2 aromatic carbocycles. The van der Waals surface area contributed by atoms with E-state index < -0.39 is 34.3 Å². The molecule has 0 spiro atoms. The Morgan fingerprint density at radius 3 is 2.34 bits per heavy atom. The largest absolute Gasteiger partial charge is 0.495 e. The SMILES string of the molecule is COc1ccccc1N(CC(=O)N(Cc1ccc(F)cc1)[C@@H](C)C(=O)NC1CCCC1)S(C)(=O)=O. The van der Waals surface area contributed by atoms with Gasteiger partial charge in [-0.3, -0.25) is 13.9 Å². The Hall–Kier alpha value is -3.14. The number of carbonyl (C=O) groups is 2. The van der Waals surface area contributed by atoms with Gasteiger partial charge in [0.25, 0.3) is 0 Å². The van der Waals surface area contributed by atoms with Crippen LogP contribution in [-0.2, 0) is 26.2 Å². The number of hydrogen-bond donors (Lipinski definition) is 1. The lowest BCUT2D eigenvalue weighted by molar-refractivity contribution is -0.139. The predicted molar refractivity (Wildman–Crippen MR) is 132 cm³/mol. The van der Waals surface area contributed by atoms with Gasteiger partial charge in [-0.1, -0.05) is 37.1 Å². The maximum atomic E-state index is 13.6. The molecule has 0 heterocycles. The smallest absolute Gasteiger partial charge is 0.244 e. The molecule has 35 heavy (non-hydrogen) atoms. The summed E-state index contributed by atoms with van der Waals surface area (Å²) < 4.78 is 45.0. The quantitative estimate of drug-likeness (QED) is 0.535. The van der Waals surface area contributed by atoms with Crippen LogP contribution in [0.2, 0.25) is 0 Å². The Bertz CT molecular complexity index is 1130. The number of amides is 2. The molecule has 10 heteroatoms. The van der Waals surface area contributed by atoms with Crippen molar-refractivity contribution in [3.63, 3.8) is 0 Å². The summed E-state index contributed by atoms with van der Waals surface area (Å²) in [6.07, 6.45) is 4.87. The molecule has 0 radical (unpaired) electrons. The summed E-state index contributed by atoms with van der Waals surface area (Å²) in [5.41, 5.74) is 0.833. The third kappa shape index (κ3) is 6.94. The van der Waals surface area contributed by atoms with E-state index in [0.29, 0.717) is 11.3 Å². The fourth-order valence-electron chi connectivity index (χ4n) is 4.19. The molecular weight excluding hydrogens is 473 g/mol. The van der Waals surface area contributed by atoms with Crippen molar-refractivity contribution >= 4 is 27.5 Å². The number of anilines is 1. The van der Waals surface area contributed by atoms with Crippen LogP contribution in [0.5, 0.6) is 5.75 Å². The van der Waals surface area contributed by atoms with E-state index in [9.17, 15) is 22.4 Å². The number of rotatable bonds is 10. The zero-order valence-electron chi connectivity index (χ0n) is 20.2. The first-order chi connectivity index (χ1) is 16.6. The van der Waals surface area contributed by atoms with Crippen LogP contribution in [0.15, 0.2) is 48.5 Å². The zero-order chi connectivity index (χ0) is 25.6. The van der Waals surface area contributed by atoms with Gasteiger partial charge in [-0.05, 0) is 49.6 Å². The molecular formula is C25H32FN3O5S. The highest BCUT2D eigenvalue weighted by Crippen LogP contribution is 2.29. The fraction of sp³-hybridized carbons (Fsp3) is 0.440. The number of para-hydroxylation sites is 2. The number of nitrogens with one attached hydrogen (secondary N) is 1. The van der Waals surface area contributed by atoms with E-state index in [1.165, 1.54) is 36.3 Å². The monoisotopic (exact) mass is 505 g/mol. The highest BCUT2D eigenvalue weighted by atomic mass is 32.2. The van der Waals surface area contributed by atoms with Crippen molar-refractivity contribution in [1.29, 1.82) is 0 Å². The maximum absolute atomic E-state index is 13.6. The van der Waals surface area contributed by atoms with Crippen molar-refractivity contribution in [2.45, 2.75) is 51.2 Å². The average Bonchev–Trinajstić information content (AvgIpc) is 3.34. The molecule has 0 bridgehead atoms. The summed E-state index contributed by atoms with van der Waals surface area (Å²) in [6, 6.07) is 11.3. The molecule has 2 amide bonds. The number of ether oxygens (including phenoxy) is 1. The zero-order valence-corrected chi connectivity index (χ0v) is 21.1. The van der Waals surface area contributed by atoms with E-state index in [-0.39, 0.29) is 24.2 Å². The van der Waals surface area contributed by atoms with E-state index in [1.54, 1.807) is 31.2 Å². The normalized spacial score (nSPS) is 14.9. The van der Waals surface area contributed by atoms with Crippen molar-refractivity contribution in [3.05, 3.63) is 59.9 Å². The van der Waals surface area contributed by atoms with Gasteiger partial charge in [0, 0.05) is 12.6 Å². The van der Waals surface area contributed by atoms with Crippen LogP contribution in [0.25, 0.3) is 0 Å². The first-order valence-corrected chi connectivity index (χ1v) is 13.4. The Morgan fingerprint density at radius 1 is 1.11 bits per heavy atom. The number of sulfonamides is 1. The molecule has 1 aliphatic carbocycles. The summed E-state index contributed by atoms with van der Waals surface area (Å²) in [4.78, 5) is 27.9. The first kappa shape index (κ1) is 26.5. The van der Waals surface area contributed by atoms with Gasteiger partial charge >= 0.3 is 0 Å². The number of halogens is 1. The summed E-state index contributed by atoms with van der Waals surface area (Å²) >= 11 is 0. The van der Waals surface area contributed by atoms with E-state index >= 15 is 0 Å². The van der Waals surface area contributed by atoms with Crippen molar-refractivity contribution in [2.24, 2.45) is 0 Å². The third-order valence-electron chi connectivity index (χ3n) is 6.17. The summed E-state index contributed by atoms with van der Waals surface area (Å²) in [5.74, 6) is -1.00. The molecule has 1 N–H and O–H groups in total. The van der Waals surface area contributed by atoms with E-state index in [4.69, 9.17) is 4.74 Å². The van der Waals surface area contributed by atoms with Crippen molar-refractivity contribution in [3.8, 4) is 5.75 Å². The van der Waals surface area contributed by atoms with Gasteiger partial charge in [-0.15, -0.1) is 0 Å². The van der Waals surface area contributed by atoms with Crippen molar-refractivity contribution in [2.75, 3.05) is 24.2 Å². The van der Waals surface area contributed by atoms with Crippen LogP contribution < -0.4 is 14.4 Å². The van der Waals surface area contributed by atoms with Gasteiger partial charge in [-0.2, -0.15) is 0 Å². The molecule has 1 aliphatic rings. The molecule has 0 saturated heterocycles. The van der Waals surface area contributed by atoms with Gasteiger partial charge in [0.05, 0.1) is 19.1 Å². The summed E-state index contributed by atoms with van der Waals surface area (Å²) in [7, 11) is -2.45. The number of carbonyl (C=O) groups excluding carboxylic acids is 2. The summed E-state index contributed by atoms with van der Waals surface area (Å²) in [6.45, 7) is 1.10. The standard InChI is InChI=1S/C25H32FN3O5S/c1-18(25(31)27-21-8-4-5-9-21)28(16-19-12-14-20(26)15-13-19)24(30)17-29(35(3,32)33)22-10-6-7-11-23(22)34-2/h6-7,10-15,18,21H,4-5,8-9,16-17H2,1-3H3,(H,27,31)/t18-/m0/s1. The lowest BCUT2D eigenvalue weighted by Crippen LogP contribution is -2.52. The van der Waals surface area contributed by atoms with Gasteiger partial charge in [0.15, 0.2) is 0 Å². The second-order valence-electron chi connectivity index (χ2n) is 8.76. The van der Waals surface area contributed by atoms with E-state index in [0.717, 1.165) is 36.2 Å². The first-order valence-electron chi connectivity index (χ1n) is 11.5. The molecule has 1 saturated carbocycles. The Labute approximate surface area is 206 Å². The minimum Gasteiger partial charge on any atom is -0.495 e. The minimum atomic E-state index is -3.87. The average molecular weight is 506 g/mol. The molecule has 2 aromatic rings. The lowest BCUT2D eigenvalue weighted by atomic mass is 10.1. The van der Waals surface area contributed by atoms with Crippen LogP contribution in [0.4, 0.5) is 10.1 Å². The number of methoxy groups -OCH3 is 1. The maximum Gasteiger partial charge on any atom is 0.244 e. The van der Waals surface area contributed by atoms with Crippen LogP contribution in [0.3, 0.4) is 0 Å². The second-order valence-corrected chi connectivity index (χ2v) is 10.7. The number of hydrogen-bond acceptors (Lipinski definition) is 5. The van der Waals surface area contributed by atoms with Gasteiger partial charge in [-0.25, -0.2) is 12.8 Å². The molecule has 0 unspecified atom stereocenters. The van der Waals surface area contributed by atoms with Crippen LogP contribution in [0, 0.1) is 5.82 Å². The molecule has 0 aliphatic heterocycles. The molecule has 0 aromatic heterocycles. The van der Waals surface area contributed by atoms with Gasteiger partial charge in [0.1, 0.15) is 24.2 Å². The molecule has 8 nitrogen and oxygen atoms in total. The summed E-state index contributed by atoms with van der Waals surface area (Å²) in [5, 5.41) is 3.00. The third-order valence-corrected chi connectivity index (χ3v) is 7.29. The van der Waals surface area contributed by atoms with Crippen LogP contribution in [-0.4, -0.2) is 57.1 Å². The highest BCUT2D eigenvalue weighted by molar-refractivity contribution is 7.92. The second kappa shape index (κ2) is 11.5. The van der Waals surface area contributed by atoms with Crippen molar-refractivity contribution < 1.29 is 27.1 Å². The van der Waals surface area contributed by atoms with E-state index in [1.807, 2.05) is 0 Å². The molecule has 1 atom stereocenters. The van der Waals surface area contributed by atoms with Crippen LogP contribution in [0.1, 0.15) is 38.2 Å². The topological polar surface area (TPSA) is 96.0 Å². The lowest BCUT2D eigenvalue weighted by Gasteiger charge is -2.32. The number of benzene rings is 2. The molecule has 1 fully saturated rings. The minimum absolute atomic E-state index is 0.0158. The number of nitrogens with zero attached hydrogens (tertiary/aromatic N) is 2. The molecule has 190 valence electrons. The Morgan fingerprint density at radius 2 is 1.74 bits per heavy atom. The fourth-order valence-corrected chi connectivity index (χ4v) is 5.04. The van der Waals surface area contributed by atoms with Gasteiger partial charge < -0.3 is 15.0 Å². The van der Waals surface area contributed by atoms with E-state index in [2.05, 4.69) is 5.32 Å². The predicted octanol–water partition coefficient (Wildman–Crippen LogP) is 3.08. The Kier molecular flexibility index (Phi) is 8.71.